The fourth-order valence-electron chi connectivity index (χ4n) is 5.91. The first-order chi connectivity index (χ1) is 13.7. The highest BCUT2D eigenvalue weighted by molar-refractivity contribution is 7.13. The van der Waals surface area contributed by atoms with E-state index in [0.29, 0.717) is 23.4 Å². The molecule has 6 aliphatic carbocycles. The second kappa shape index (κ2) is 6.25. The molecule has 1 aromatic rings. The Morgan fingerprint density at radius 3 is 1.48 bits per heavy atom. The van der Waals surface area contributed by atoms with Gasteiger partial charge in [-0.3, -0.25) is 9.59 Å². The molecule has 0 amide bonds. The summed E-state index contributed by atoms with van der Waals surface area (Å²) in [5.41, 5.74) is 2.57. The standard InChI is InChI=1S/C26H28O2S/c1-25(2)19-13-21(25)23(27)11-15(19)5-7-17-9-10-18(29-17)8-6-16-12-24(28)22-14-20(16)26(22,3)4/h5-12,19-22H,13-14H2,1-4H3/b7-5+,8-6+/t19-,20-,21+,22+/m0/s1. The molecule has 0 aliphatic heterocycles. The van der Waals surface area contributed by atoms with Crippen LogP contribution in [0.1, 0.15) is 50.3 Å². The molecule has 2 saturated carbocycles. The molecule has 1 heterocycles. The minimum Gasteiger partial charge on any atom is -0.295 e. The summed E-state index contributed by atoms with van der Waals surface area (Å²) in [5.74, 6) is 2.05. The van der Waals surface area contributed by atoms with Crippen LogP contribution in [-0.4, -0.2) is 11.6 Å². The number of hydrogen-bond acceptors (Lipinski definition) is 3. The van der Waals surface area contributed by atoms with Gasteiger partial charge in [-0.25, -0.2) is 0 Å². The first kappa shape index (κ1) is 19.0. The van der Waals surface area contributed by atoms with E-state index >= 15 is 0 Å². The summed E-state index contributed by atoms with van der Waals surface area (Å²) >= 11 is 1.74. The van der Waals surface area contributed by atoms with Gasteiger partial charge in [0.05, 0.1) is 0 Å². The molecule has 2 fully saturated rings. The van der Waals surface area contributed by atoms with Crippen LogP contribution in [0.3, 0.4) is 0 Å². The number of fused-ring (bicyclic) bond motifs is 2. The maximum atomic E-state index is 12.3. The van der Waals surface area contributed by atoms with Gasteiger partial charge in [-0.2, -0.15) is 0 Å². The monoisotopic (exact) mass is 404 g/mol. The Kier molecular flexibility index (Phi) is 4.09. The van der Waals surface area contributed by atoms with Crippen LogP contribution in [0, 0.1) is 34.5 Å². The first-order valence-electron chi connectivity index (χ1n) is 10.6. The van der Waals surface area contributed by atoms with Crippen LogP contribution < -0.4 is 0 Å². The lowest BCUT2D eigenvalue weighted by Gasteiger charge is -2.54. The van der Waals surface area contributed by atoms with Gasteiger partial charge in [0.25, 0.3) is 0 Å². The molecule has 4 atom stereocenters. The first-order valence-corrected chi connectivity index (χ1v) is 11.5. The molecule has 2 nitrogen and oxygen atoms in total. The van der Waals surface area contributed by atoms with Crippen molar-refractivity contribution in [2.75, 3.05) is 0 Å². The molecule has 1 aromatic heterocycles. The van der Waals surface area contributed by atoms with Crippen molar-refractivity contribution in [2.45, 2.75) is 40.5 Å². The number of rotatable bonds is 4. The Bertz CT molecular complexity index is 946. The molecule has 3 heteroatoms. The van der Waals surface area contributed by atoms with Gasteiger partial charge in [0.2, 0.25) is 0 Å². The van der Waals surface area contributed by atoms with Gasteiger partial charge in [0.15, 0.2) is 11.6 Å². The Hall–Kier alpha value is -2.00. The van der Waals surface area contributed by atoms with Crippen molar-refractivity contribution in [3.05, 3.63) is 57.3 Å². The van der Waals surface area contributed by atoms with Crippen molar-refractivity contribution in [1.82, 2.24) is 0 Å². The fourth-order valence-corrected chi connectivity index (χ4v) is 6.73. The van der Waals surface area contributed by atoms with Crippen LogP contribution in [-0.2, 0) is 9.59 Å². The normalized spacial score (nSPS) is 34.1. The molecule has 0 radical (unpaired) electrons. The zero-order chi connectivity index (χ0) is 20.6. The lowest BCUT2D eigenvalue weighted by molar-refractivity contribution is -0.134. The summed E-state index contributed by atoms with van der Waals surface area (Å²) < 4.78 is 0. The molecule has 0 saturated heterocycles. The topological polar surface area (TPSA) is 34.1 Å². The van der Waals surface area contributed by atoms with Gasteiger partial charge >= 0.3 is 0 Å². The van der Waals surface area contributed by atoms with E-state index in [1.807, 2.05) is 12.2 Å². The predicted octanol–water partition coefficient (Wildman–Crippen LogP) is 6.12. The summed E-state index contributed by atoms with van der Waals surface area (Å²) in [6.45, 7) is 8.87. The van der Waals surface area contributed by atoms with E-state index < -0.39 is 0 Å². The number of thiophene rings is 1. The van der Waals surface area contributed by atoms with Crippen molar-refractivity contribution in [1.29, 1.82) is 0 Å². The van der Waals surface area contributed by atoms with Crippen LogP contribution in [0.15, 0.2) is 47.6 Å². The molecule has 0 spiro atoms. The van der Waals surface area contributed by atoms with Crippen molar-refractivity contribution in [3.8, 4) is 0 Å². The van der Waals surface area contributed by atoms with E-state index in [1.54, 1.807) is 11.3 Å². The molecule has 0 unspecified atom stereocenters. The highest BCUT2D eigenvalue weighted by Crippen LogP contribution is 2.59. The van der Waals surface area contributed by atoms with Gasteiger partial charge in [0, 0.05) is 21.6 Å². The van der Waals surface area contributed by atoms with Crippen LogP contribution in [0.5, 0.6) is 0 Å². The van der Waals surface area contributed by atoms with Crippen molar-refractivity contribution < 1.29 is 9.59 Å². The van der Waals surface area contributed by atoms with Crippen LogP contribution in [0.25, 0.3) is 12.2 Å². The van der Waals surface area contributed by atoms with Crippen molar-refractivity contribution in [2.24, 2.45) is 34.5 Å². The predicted molar refractivity (Wildman–Crippen MR) is 119 cm³/mol. The number of hydrogen-bond donors (Lipinski definition) is 0. The second-order valence-electron chi connectivity index (χ2n) is 10.3. The number of carbonyl (C=O) groups excluding carboxylic acids is 2. The molecular formula is C26H28O2S. The molecule has 0 aromatic carbocycles. The summed E-state index contributed by atoms with van der Waals surface area (Å²) in [4.78, 5) is 26.9. The molecule has 6 aliphatic rings. The zero-order valence-electron chi connectivity index (χ0n) is 17.6. The summed E-state index contributed by atoms with van der Waals surface area (Å²) in [6, 6.07) is 4.26. The lowest BCUT2D eigenvalue weighted by atomic mass is 9.48. The third-order valence-electron chi connectivity index (χ3n) is 8.17. The Morgan fingerprint density at radius 2 is 1.14 bits per heavy atom. The third-order valence-corrected chi connectivity index (χ3v) is 9.19. The number of carbonyl (C=O) groups is 2. The van der Waals surface area contributed by atoms with E-state index in [0.717, 1.165) is 12.8 Å². The summed E-state index contributed by atoms with van der Waals surface area (Å²) in [5, 5.41) is 0. The quantitative estimate of drug-likeness (QED) is 0.606. The lowest BCUT2D eigenvalue weighted by Crippen LogP contribution is -2.52. The van der Waals surface area contributed by atoms with Gasteiger partial charge < -0.3 is 0 Å². The average Bonchev–Trinajstić information content (AvgIpc) is 3.11. The summed E-state index contributed by atoms with van der Waals surface area (Å²) in [7, 11) is 0. The van der Waals surface area contributed by atoms with E-state index in [1.165, 1.54) is 20.9 Å². The number of allylic oxidation sites excluding steroid dienone is 6. The van der Waals surface area contributed by atoms with Crippen LogP contribution in [0.2, 0.25) is 0 Å². The molecule has 0 N–H and O–H groups in total. The summed E-state index contributed by atoms with van der Waals surface area (Å²) in [6.07, 6.45) is 14.3. The van der Waals surface area contributed by atoms with E-state index in [-0.39, 0.29) is 22.7 Å². The smallest absolute Gasteiger partial charge is 0.159 e. The van der Waals surface area contributed by atoms with E-state index in [4.69, 9.17) is 0 Å². The zero-order valence-corrected chi connectivity index (χ0v) is 18.4. The maximum Gasteiger partial charge on any atom is 0.159 e. The molecular weight excluding hydrogens is 376 g/mol. The largest absolute Gasteiger partial charge is 0.295 e. The van der Waals surface area contributed by atoms with E-state index in [9.17, 15) is 9.59 Å². The Balaban J connectivity index is 1.30. The number of ketones is 2. The van der Waals surface area contributed by atoms with Gasteiger partial charge in [-0.15, -0.1) is 11.3 Å². The van der Waals surface area contributed by atoms with E-state index in [2.05, 4.69) is 64.1 Å². The highest BCUT2D eigenvalue weighted by Gasteiger charge is 2.55. The van der Waals surface area contributed by atoms with Gasteiger partial charge in [-0.1, -0.05) is 39.8 Å². The van der Waals surface area contributed by atoms with Crippen LogP contribution >= 0.6 is 11.3 Å². The second-order valence-corrected chi connectivity index (χ2v) is 11.5. The minimum absolute atomic E-state index is 0.105. The molecule has 29 heavy (non-hydrogen) atoms. The molecule has 150 valence electrons. The van der Waals surface area contributed by atoms with Gasteiger partial charge in [-0.05, 0) is 83.1 Å². The Labute approximate surface area is 177 Å². The van der Waals surface area contributed by atoms with Crippen molar-refractivity contribution in [3.63, 3.8) is 0 Å². The molecule has 4 bridgehead atoms. The van der Waals surface area contributed by atoms with Crippen molar-refractivity contribution >= 4 is 35.1 Å². The molecule has 7 rings (SSSR count). The third kappa shape index (κ3) is 2.81. The SMILES string of the molecule is CC1(C)[C@@H]2C[C@H]1C(/C=C/c1ccc(/C=C/C3=CC(=O)[C@H]4C[C@@H]3C4(C)C)s1)=CC2=O. The highest BCUT2D eigenvalue weighted by atomic mass is 32.1. The minimum atomic E-state index is 0.105. The fraction of sp³-hybridized carbons (Fsp3) is 0.462. The maximum absolute atomic E-state index is 12.3. The average molecular weight is 405 g/mol. The van der Waals surface area contributed by atoms with Gasteiger partial charge in [0.1, 0.15) is 0 Å². The van der Waals surface area contributed by atoms with Crippen LogP contribution in [0.4, 0.5) is 0 Å². The Morgan fingerprint density at radius 1 is 0.724 bits per heavy atom.